The SMILES string of the molecule is O=C(O)C=CC(=O)O.c1cnnnc1. The molecule has 0 bridgehead atoms. The number of aliphatic carboxylic acids is 2. The summed E-state index contributed by atoms with van der Waals surface area (Å²) < 4.78 is 0. The normalized spacial score (nSPS) is 8.86. The quantitative estimate of drug-likeness (QED) is 0.619. The molecule has 7 heteroatoms. The molecule has 0 spiro atoms. The van der Waals surface area contributed by atoms with Gasteiger partial charge in [-0.3, -0.25) is 0 Å². The van der Waals surface area contributed by atoms with Gasteiger partial charge in [-0.25, -0.2) is 9.59 Å². The maximum Gasteiger partial charge on any atom is 0.328 e. The number of hydrogen-bond acceptors (Lipinski definition) is 5. The van der Waals surface area contributed by atoms with Crippen LogP contribution < -0.4 is 0 Å². The lowest BCUT2D eigenvalue weighted by molar-refractivity contribution is -0.134. The van der Waals surface area contributed by atoms with Gasteiger partial charge in [0.25, 0.3) is 0 Å². The van der Waals surface area contributed by atoms with Crippen molar-refractivity contribution >= 4 is 11.9 Å². The molecule has 1 aromatic heterocycles. The fraction of sp³-hybridized carbons (Fsp3) is 0. The minimum atomic E-state index is -1.26. The first-order valence-electron chi connectivity index (χ1n) is 3.35. The molecule has 0 amide bonds. The number of rotatable bonds is 2. The Bertz CT molecular complexity index is 269. The van der Waals surface area contributed by atoms with Crippen LogP contribution in [0.5, 0.6) is 0 Å². The highest BCUT2D eigenvalue weighted by Gasteiger charge is 1.88. The van der Waals surface area contributed by atoms with Gasteiger partial charge in [0.05, 0.1) is 12.4 Å². The molecule has 0 fully saturated rings. The number of aromatic nitrogens is 3. The molecule has 0 saturated carbocycles. The second kappa shape index (κ2) is 7.35. The topological polar surface area (TPSA) is 113 Å². The van der Waals surface area contributed by atoms with E-state index < -0.39 is 11.9 Å². The Morgan fingerprint density at radius 3 is 1.57 bits per heavy atom. The summed E-state index contributed by atoms with van der Waals surface area (Å²) in [4.78, 5) is 19.1. The Labute approximate surface area is 78.7 Å². The van der Waals surface area contributed by atoms with Gasteiger partial charge >= 0.3 is 11.9 Å². The summed E-state index contributed by atoms with van der Waals surface area (Å²) in [5, 5.41) is 25.8. The molecule has 14 heavy (non-hydrogen) atoms. The van der Waals surface area contributed by atoms with Crippen LogP contribution in [0.3, 0.4) is 0 Å². The van der Waals surface area contributed by atoms with Gasteiger partial charge in [-0.2, -0.15) is 0 Å². The molecule has 0 atom stereocenters. The maximum atomic E-state index is 9.55. The summed E-state index contributed by atoms with van der Waals surface area (Å²) in [6.45, 7) is 0. The number of carboxylic acid groups (broad SMARTS) is 2. The van der Waals surface area contributed by atoms with Gasteiger partial charge in [0.2, 0.25) is 0 Å². The van der Waals surface area contributed by atoms with Crippen molar-refractivity contribution in [3.63, 3.8) is 0 Å². The summed E-state index contributed by atoms with van der Waals surface area (Å²) in [7, 11) is 0. The first-order chi connectivity index (χ1) is 6.63. The average Bonchev–Trinajstić information content (AvgIpc) is 2.18. The van der Waals surface area contributed by atoms with Crippen LogP contribution in [0.2, 0.25) is 0 Å². The Balaban J connectivity index is 0.000000249. The summed E-state index contributed by atoms with van der Waals surface area (Å²) in [5.41, 5.74) is 0. The summed E-state index contributed by atoms with van der Waals surface area (Å²) in [5.74, 6) is -2.51. The zero-order valence-electron chi connectivity index (χ0n) is 6.94. The molecule has 2 N–H and O–H groups in total. The van der Waals surface area contributed by atoms with Crippen molar-refractivity contribution in [3.05, 3.63) is 30.6 Å². The number of nitrogens with zero attached hydrogens (tertiary/aromatic N) is 3. The van der Waals surface area contributed by atoms with Crippen molar-refractivity contribution in [1.29, 1.82) is 0 Å². The van der Waals surface area contributed by atoms with Gasteiger partial charge in [0.15, 0.2) is 0 Å². The lowest BCUT2D eigenvalue weighted by Gasteiger charge is -1.74. The van der Waals surface area contributed by atoms with E-state index in [2.05, 4.69) is 15.4 Å². The molecule has 0 aliphatic heterocycles. The smallest absolute Gasteiger partial charge is 0.328 e. The molecule has 0 radical (unpaired) electrons. The minimum Gasteiger partial charge on any atom is -0.478 e. The van der Waals surface area contributed by atoms with E-state index in [1.807, 2.05) is 0 Å². The Kier molecular flexibility index (Phi) is 6.13. The predicted molar refractivity (Wildman–Crippen MR) is 44.2 cm³/mol. The molecule has 1 aromatic rings. The summed E-state index contributed by atoms with van der Waals surface area (Å²) in [6.07, 6.45) is 4.27. The molecule has 0 aliphatic carbocycles. The van der Waals surface area contributed by atoms with E-state index in [0.29, 0.717) is 12.2 Å². The predicted octanol–water partition coefficient (Wildman–Crippen LogP) is -0.417. The largest absolute Gasteiger partial charge is 0.478 e. The zero-order valence-corrected chi connectivity index (χ0v) is 6.94. The first-order valence-corrected chi connectivity index (χ1v) is 3.35. The molecular formula is C7H7N3O4. The molecule has 74 valence electrons. The third-order valence-electron chi connectivity index (χ3n) is 0.777. The highest BCUT2D eigenvalue weighted by Crippen LogP contribution is 1.70. The van der Waals surface area contributed by atoms with Crippen molar-refractivity contribution in [2.45, 2.75) is 0 Å². The molecule has 1 rings (SSSR count). The average molecular weight is 197 g/mol. The van der Waals surface area contributed by atoms with Gasteiger partial charge in [0, 0.05) is 12.2 Å². The lowest BCUT2D eigenvalue weighted by Crippen LogP contribution is -1.91. The lowest BCUT2D eigenvalue weighted by atomic mass is 10.5. The van der Waals surface area contributed by atoms with Gasteiger partial charge < -0.3 is 10.2 Å². The van der Waals surface area contributed by atoms with Crippen LogP contribution in [0.25, 0.3) is 0 Å². The third kappa shape index (κ3) is 9.69. The first kappa shape index (κ1) is 11.7. The minimum absolute atomic E-state index is 0.558. The Hall–Kier alpha value is -2.31. The van der Waals surface area contributed by atoms with Crippen molar-refractivity contribution in [2.24, 2.45) is 0 Å². The number of carbonyl (C=O) groups is 2. The van der Waals surface area contributed by atoms with Gasteiger partial charge in [-0.15, -0.1) is 10.2 Å². The zero-order chi connectivity index (χ0) is 10.8. The number of hydrogen-bond donors (Lipinski definition) is 2. The second-order valence-electron chi connectivity index (χ2n) is 1.82. The van der Waals surface area contributed by atoms with Crippen LogP contribution in [0, 0.1) is 0 Å². The van der Waals surface area contributed by atoms with Gasteiger partial charge in [0.1, 0.15) is 0 Å². The second-order valence-corrected chi connectivity index (χ2v) is 1.82. The fourth-order valence-corrected chi connectivity index (χ4v) is 0.347. The molecule has 1 heterocycles. The molecule has 7 nitrogen and oxygen atoms in total. The van der Waals surface area contributed by atoms with E-state index in [4.69, 9.17) is 10.2 Å². The monoisotopic (exact) mass is 197 g/mol. The van der Waals surface area contributed by atoms with E-state index >= 15 is 0 Å². The van der Waals surface area contributed by atoms with E-state index in [1.54, 1.807) is 18.5 Å². The standard InChI is InChI=1S/C4H4O4.C3H3N3/c5-3(6)1-2-4(7)8;1-2-4-6-5-3-1/h1-2H,(H,5,6)(H,7,8);1-3H. The van der Waals surface area contributed by atoms with Crippen LogP contribution in [0.1, 0.15) is 0 Å². The summed E-state index contributed by atoms with van der Waals surface area (Å²) >= 11 is 0. The molecule has 0 unspecified atom stereocenters. The van der Waals surface area contributed by atoms with Gasteiger partial charge in [-0.05, 0) is 11.3 Å². The third-order valence-corrected chi connectivity index (χ3v) is 0.777. The van der Waals surface area contributed by atoms with E-state index in [0.717, 1.165) is 0 Å². The van der Waals surface area contributed by atoms with Crippen molar-refractivity contribution in [1.82, 2.24) is 15.4 Å². The molecule has 0 aliphatic rings. The van der Waals surface area contributed by atoms with Crippen molar-refractivity contribution in [2.75, 3.05) is 0 Å². The van der Waals surface area contributed by atoms with E-state index in [9.17, 15) is 9.59 Å². The van der Waals surface area contributed by atoms with Crippen LogP contribution in [0.4, 0.5) is 0 Å². The highest BCUT2D eigenvalue weighted by molar-refractivity contribution is 5.89. The summed E-state index contributed by atoms with van der Waals surface area (Å²) in [6, 6.07) is 1.72. The number of carboxylic acids is 2. The van der Waals surface area contributed by atoms with E-state index in [1.165, 1.54) is 0 Å². The molecule has 0 saturated heterocycles. The highest BCUT2D eigenvalue weighted by atomic mass is 16.4. The fourth-order valence-electron chi connectivity index (χ4n) is 0.347. The van der Waals surface area contributed by atoms with E-state index in [-0.39, 0.29) is 0 Å². The maximum absolute atomic E-state index is 9.55. The van der Waals surface area contributed by atoms with Crippen LogP contribution in [-0.4, -0.2) is 37.6 Å². The Morgan fingerprint density at radius 2 is 1.43 bits per heavy atom. The Morgan fingerprint density at radius 1 is 1.00 bits per heavy atom. The van der Waals surface area contributed by atoms with Crippen LogP contribution >= 0.6 is 0 Å². The van der Waals surface area contributed by atoms with Crippen molar-refractivity contribution in [3.8, 4) is 0 Å². The van der Waals surface area contributed by atoms with Gasteiger partial charge in [-0.1, -0.05) is 0 Å². The van der Waals surface area contributed by atoms with Crippen LogP contribution in [0.15, 0.2) is 30.6 Å². The molecular weight excluding hydrogens is 190 g/mol. The van der Waals surface area contributed by atoms with Crippen molar-refractivity contribution < 1.29 is 19.8 Å². The molecule has 0 aromatic carbocycles. The van der Waals surface area contributed by atoms with Crippen LogP contribution in [-0.2, 0) is 9.59 Å².